The van der Waals surface area contributed by atoms with Crippen molar-refractivity contribution in [2.45, 2.75) is 91.5 Å². The maximum Gasteiger partial charge on any atom is 0.307 e. The first-order valence-corrected chi connectivity index (χ1v) is 13.6. The van der Waals surface area contributed by atoms with Gasteiger partial charge in [-0.1, -0.05) is 48.5 Å². The van der Waals surface area contributed by atoms with Gasteiger partial charge in [-0.15, -0.1) is 0 Å². The number of hydrogen-bond acceptors (Lipinski definition) is 6. The molecule has 6 nitrogen and oxygen atoms in total. The predicted molar refractivity (Wildman–Crippen MR) is 155 cm³/mol. The lowest BCUT2D eigenvalue weighted by molar-refractivity contribution is -0.155. The minimum atomic E-state index is -0.484. The molecule has 3 aromatic rings. The number of hydrogen-bond donors (Lipinski definition) is 2. The first-order valence-electron chi connectivity index (χ1n) is 13.6. The van der Waals surface area contributed by atoms with Crippen molar-refractivity contribution in [3.63, 3.8) is 0 Å². The number of carbonyl (C=O) groups is 2. The van der Waals surface area contributed by atoms with Gasteiger partial charge >= 0.3 is 11.9 Å². The lowest BCUT2D eigenvalue weighted by Gasteiger charge is -2.25. The fourth-order valence-corrected chi connectivity index (χ4v) is 4.90. The van der Waals surface area contributed by atoms with E-state index >= 15 is 0 Å². The first-order chi connectivity index (χ1) is 17.8. The van der Waals surface area contributed by atoms with Gasteiger partial charge in [0.05, 0.1) is 12.8 Å². The second kappa shape index (κ2) is 12.3. The van der Waals surface area contributed by atoms with Crippen LogP contribution in [0.5, 0.6) is 0 Å². The molecule has 0 fully saturated rings. The molecule has 0 aromatic heterocycles. The molecular formula is C32H44N2O4. The third-order valence-corrected chi connectivity index (χ3v) is 6.28. The summed E-state index contributed by atoms with van der Waals surface area (Å²) in [7, 11) is 0. The van der Waals surface area contributed by atoms with E-state index in [0.29, 0.717) is 25.9 Å². The van der Waals surface area contributed by atoms with Crippen LogP contribution in [0.25, 0.3) is 21.5 Å². The fourth-order valence-electron chi connectivity index (χ4n) is 4.90. The van der Waals surface area contributed by atoms with Crippen LogP contribution in [0, 0.1) is 0 Å². The smallest absolute Gasteiger partial charge is 0.307 e. The van der Waals surface area contributed by atoms with Crippen LogP contribution >= 0.6 is 0 Å². The van der Waals surface area contributed by atoms with Crippen molar-refractivity contribution in [1.29, 1.82) is 0 Å². The van der Waals surface area contributed by atoms with Crippen molar-refractivity contribution in [2.75, 3.05) is 13.1 Å². The van der Waals surface area contributed by atoms with Gasteiger partial charge in [0.15, 0.2) is 0 Å². The number of rotatable bonds is 10. The number of ether oxygens (including phenoxy) is 2. The molecule has 3 aromatic carbocycles. The van der Waals surface area contributed by atoms with Gasteiger partial charge in [0, 0.05) is 25.2 Å². The highest BCUT2D eigenvalue weighted by molar-refractivity contribution is 6.06. The highest BCUT2D eigenvalue weighted by atomic mass is 16.6. The van der Waals surface area contributed by atoms with Crippen LogP contribution in [0.15, 0.2) is 48.5 Å². The topological polar surface area (TPSA) is 76.7 Å². The van der Waals surface area contributed by atoms with Gasteiger partial charge in [0.2, 0.25) is 0 Å². The van der Waals surface area contributed by atoms with E-state index in [9.17, 15) is 9.59 Å². The fraction of sp³-hybridized carbons (Fsp3) is 0.500. The van der Waals surface area contributed by atoms with Crippen LogP contribution in [0.1, 0.15) is 91.4 Å². The van der Waals surface area contributed by atoms with Crippen molar-refractivity contribution < 1.29 is 19.1 Å². The molecule has 0 spiro atoms. The highest BCUT2D eigenvalue weighted by Crippen LogP contribution is 2.39. The van der Waals surface area contributed by atoms with E-state index in [2.05, 4.69) is 73.0 Å². The van der Waals surface area contributed by atoms with E-state index in [4.69, 9.17) is 9.47 Å². The average Bonchev–Trinajstić information content (AvgIpc) is 2.79. The molecule has 0 aliphatic rings. The Hall–Kier alpha value is -2.96. The zero-order chi connectivity index (χ0) is 28.1. The molecule has 2 N–H and O–H groups in total. The summed E-state index contributed by atoms with van der Waals surface area (Å²) in [5.41, 5.74) is 1.46. The van der Waals surface area contributed by atoms with Gasteiger partial charge in [-0.2, -0.15) is 0 Å². The largest absolute Gasteiger partial charge is 0.460 e. The summed E-state index contributed by atoms with van der Waals surface area (Å²) in [5.74, 6) is -0.401. The van der Waals surface area contributed by atoms with E-state index in [0.717, 1.165) is 0 Å². The second-order valence-corrected chi connectivity index (χ2v) is 11.9. The normalized spacial score (nSPS) is 13.9. The SMILES string of the molecule is CC(NCCC(=O)OC(C)(C)C)c1c2ccccc2c(C(C)NCCC(=O)OC(C)(C)C)c2ccccc12. The Bertz CT molecular complexity index is 1120. The van der Waals surface area contributed by atoms with E-state index in [1.165, 1.54) is 32.7 Å². The summed E-state index contributed by atoms with van der Waals surface area (Å²) < 4.78 is 10.9. The van der Waals surface area contributed by atoms with Crippen LogP contribution in [-0.2, 0) is 19.1 Å². The van der Waals surface area contributed by atoms with Crippen LogP contribution < -0.4 is 10.6 Å². The number of fused-ring (bicyclic) bond motifs is 2. The maximum atomic E-state index is 12.2. The summed E-state index contributed by atoms with van der Waals surface area (Å²) in [6, 6.07) is 17.0. The molecule has 0 bridgehead atoms. The van der Waals surface area contributed by atoms with Crippen LogP contribution in [0.3, 0.4) is 0 Å². The third-order valence-electron chi connectivity index (χ3n) is 6.28. The maximum absolute atomic E-state index is 12.2. The molecule has 0 aliphatic carbocycles. The lowest BCUT2D eigenvalue weighted by Crippen LogP contribution is -2.28. The summed E-state index contributed by atoms with van der Waals surface area (Å²) in [4.78, 5) is 24.4. The molecule has 0 amide bonds. The first kappa shape index (κ1) is 29.6. The molecular weight excluding hydrogens is 476 g/mol. The van der Waals surface area contributed by atoms with Crippen molar-refractivity contribution in [3.05, 3.63) is 59.7 Å². The lowest BCUT2D eigenvalue weighted by atomic mass is 9.86. The van der Waals surface area contributed by atoms with E-state index in [1.807, 2.05) is 41.5 Å². The number of nitrogens with one attached hydrogen (secondary N) is 2. The molecule has 2 unspecified atom stereocenters. The minimum Gasteiger partial charge on any atom is -0.460 e. The molecule has 3 rings (SSSR count). The Morgan fingerprint density at radius 3 is 1.18 bits per heavy atom. The Labute approximate surface area is 227 Å². The molecule has 0 radical (unpaired) electrons. The van der Waals surface area contributed by atoms with Gasteiger partial charge in [0.1, 0.15) is 11.2 Å². The number of benzene rings is 3. The molecule has 0 saturated carbocycles. The Morgan fingerprint density at radius 2 is 0.921 bits per heavy atom. The van der Waals surface area contributed by atoms with Crippen LogP contribution in [-0.4, -0.2) is 36.2 Å². The zero-order valence-corrected chi connectivity index (χ0v) is 24.2. The molecule has 0 heterocycles. The van der Waals surface area contributed by atoms with Crippen molar-refractivity contribution >= 4 is 33.5 Å². The van der Waals surface area contributed by atoms with E-state index in [-0.39, 0.29) is 24.0 Å². The summed E-state index contributed by atoms with van der Waals surface area (Å²) >= 11 is 0. The van der Waals surface area contributed by atoms with Crippen LogP contribution in [0.4, 0.5) is 0 Å². The zero-order valence-electron chi connectivity index (χ0n) is 24.2. The Balaban J connectivity index is 1.87. The quantitative estimate of drug-likeness (QED) is 0.227. The van der Waals surface area contributed by atoms with Crippen LogP contribution in [0.2, 0.25) is 0 Å². The third kappa shape index (κ3) is 8.02. The minimum absolute atomic E-state index is 0.0247. The van der Waals surface area contributed by atoms with Gasteiger partial charge in [-0.3, -0.25) is 9.59 Å². The van der Waals surface area contributed by atoms with Gasteiger partial charge < -0.3 is 20.1 Å². The van der Waals surface area contributed by atoms with E-state index in [1.54, 1.807) is 0 Å². The Morgan fingerprint density at radius 1 is 0.632 bits per heavy atom. The Kier molecular flexibility index (Phi) is 9.55. The monoisotopic (exact) mass is 520 g/mol. The molecule has 38 heavy (non-hydrogen) atoms. The predicted octanol–water partition coefficient (Wildman–Crippen LogP) is 6.76. The number of carbonyl (C=O) groups excluding carboxylic acids is 2. The van der Waals surface area contributed by atoms with Crippen molar-refractivity contribution in [1.82, 2.24) is 10.6 Å². The average molecular weight is 521 g/mol. The summed E-state index contributed by atoms with van der Waals surface area (Å²) in [6.07, 6.45) is 0.627. The summed E-state index contributed by atoms with van der Waals surface area (Å²) in [5, 5.41) is 11.8. The van der Waals surface area contributed by atoms with E-state index < -0.39 is 11.2 Å². The van der Waals surface area contributed by atoms with Crippen molar-refractivity contribution in [2.24, 2.45) is 0 Å². The van der Waals surface area contributed by atoms with Crippen molar-refractivity contribution in [3.8, 4) is 0 Å². The van der Waals surface area contributed by atoms with Gasteiger partial charge in [-0.05, 0) is 88.1 Å². The van der Waals surface area contributed by atoms with Gasteiger partial charge in [-0.25, -0.2) is 0 Å². The number of esters is 2. The molecule has 6 heteroatoms. The standard InChI is InChI=1S/C32H44N2O4/c1-21(33-19-17-27(35)37-31(3,4)5)29-23-13-9-11-15-25(23)30(26-16-12-10-14-24(26)29)22(2)34-20-18-28(36)38-32(6,7)8/h9-16,21-22,33-34H,17-20H2,1-8H3. The summed E-state index contributed by atoms with van der Waals surface area (Å²) in [6.45, 7) is 16.6. The molecule has 206 valence electrons. The second-order valence-electron chi connectivity index (χ2n) is 11.9. The highest BCUT2D eigenvalue weighted by Gasteiger charge is 2.22. The molecule has 0 saturated heterocycles. The molecule has 0 aliphatic heterocycles. The van der Waals surface area contributed by atoms with Gasteiger partial charge in [0.25, 0.3) is 0 Å². The molecule has 2 atom stereocenters.